The second-order valence-corrected chi connectivity index (χ2v) is 7.10. The molecule has 3 rings (SSSR count). The van der Waals surface area contributed by atoms with Crippen LogP contribution >= 0.6 is 35.0 Å². The number of alkyl halides is 3. The van der Waals surface area contributed by atoms with Crippen LogP contribution in [-0.2, 0) is 11.0 Å². The van der Waals surface area contributed by atoms with E-state index in [0.717, 1.165) is 29.5 Å². The fourth-order valence-electron chi connectivity index (χ4n) is 2.13. The number of nitrogens with zero attached hydrogens (tertiary/aromatic N) is 1. The lowest BCUT2D eigenvalue weighted by atomic mass is 10.2. The summed E-state index contributed by atoms with van der Waals surface area (Å²) < 4.78 is 39.4. The molecule has 1 fully saturated rings. The Morgan fingerprint density at radius 3 is 2.35 bits per heavy atom. The monoisotopic (exact) mass is 416 g/mol. The summed E-state index contributed by atoms with van der Waals surface area (Å²) in [7, 11) is 0. The average Bonchev–Trinajstić information content (AvgIpc) is 2.90. The van der Waals surface area contributed by atoms with Crippen LogP contribution in [0.1, 0.15) is 11.1 Å². The highest BCUT2D eigenvalue weighted by molar-refractivity contribution is 8.18. The lowest BCUT2D eigenvalue weighted by Gasteiger charge is -2.10. The van der Waals surface area contributed by atoms with E-state index in [1.165, 1.54) is 6.07 Å². The Balaban J connectivity index is 1.90. The zero-order valence-corrected chi connectivity index (χ0v) is 15.1. The normalized spacial score (nSPS) is 17.8. The minimum Gasteiger partial charge on any atom is -0.300 e. The van der Waals surface area contributed by atoms with E-state index in [1.807, 2.05) is 0 Å². The molecule has 0 radical (unpaired) electrons. The molecule has 0 aromatic heterocycles. The van der Waals surface area contributed by atoms with Gasteiger partial charge in [-0.1, -0.05) is 35.3 Å². The zero-order chi connectivity index (χ0) is 18.9. The molecule has 2 aromatic rings. The van der Waals surface area contributed by atoms with Gasteiger partial charge in [-0.3, -0.25) is 4.79 Å². The first-order valence-electron chi connectivity index (χ1n) is 7.14. The molecule has 0 aliphatic carbocycles. The largest absolute Gasteiger partial charge is 0.418 e. The molecule has 26 heavy (non-hydrogen) atoms. The minimum atomic E-state index is -4.61. The quantitative estimate of drug-likeness (QED) is 0.618. The predicted octanol–water partition coefficient (Wildman–Crippen LogP) is 5.90. The minimum absolute atomic E-state index is 0.0484. The van der Waals surface area contributed by atoms with E-state index in [4.69, 9.17) is 23.2 Å². The number of thioether (sulfide) groups is 1. The van der Waals surface area contributed by atoms with Crippen molar-refractivity contribution in [2.24, 2.45) is 4.99 Å². The summed E-state index contributed by atoms with van der Waals surface area (Å²) >= 11 is 12.4. The van der Waals surface area contributed by atoms with E-state index in [1.54, 1.807) is 30.3 Å². The maximum Gasteiger partial charge on any atom is 0.418 e. The van der Waals surface area contributed by atoms with Gasteiger partial charge in [-0.25, -0.2) is 4.99 Å². The number of nitrogens with one attached hydrogen (secondary N) is 1. The third-order valence-electron chi connectivity index (χ3n) is 3.30. The van der Waals surface area contributed by atoms with Gasteiger partial charge in [0.05, 0.1) is 16.2 Å². The Morgan fingerprint density at radius 1 is 1.04 bits per heavy atom. The Morgan fingerprint density at radius 2 is 1.69 bits per heavy atom. The summed E-state index contributed by atoms with van der Waals surface area (Å²) in [5, 5.41) is 3.02. The van der Waals surface area contributed by atoms with Crippen molar-refractivity contribution in [1.82, 2.24) is 5.32 Å². The third kappa shape index (κ3) is 4.41. The Hall–Kier alpha value is -1.96. The summed E-state index contributed by atoms with van der Waals surface area (Å²) in [5.41, 5.74) is -0.560. The van der Waals surface area contributed by atoms with Crippen LogP contribution in [0.5, 0.6) is 0 Å². The number of aliphatic imine (C=N–C) groups is 1. The Labute approximate surface area is 160 Å². The standard InChI is InChI=1S/C17H9Cl2F3N2OS/c18-10-3-1-9(2-4-10)7-14-15(25)24-16(26-14)23-13-6-5-11(19)8-12(13)17(20,21)22/h1-8H,(H,23,24,25). The lowest BCUT2D eigenvalue weighted by molar-refractivity contribution is -0.137. The molecule has 134 valence electrons. The van der Waals surface area contributed by atoms with Crippen LogP contribution < -0.4 is 5.32 Å². The molecular weight excluding hydrogens is 408 g/mol. The van der Waals surface area contributed by atoms with Crippen LogP contribution in [0.2, 0.25) is 10.0 Å². The molecule has 0 spiro atoms. The fraction of sp³-hybridized carbons (Fsp3) is 0.0588. The molecule has 9 heteroatoms. The molecule has 0 bridgehead atoms. The van der Waals surface area contributed by atoms with E-state index in [-0.39, 0.29) is 15.9 Å². The first-order valence-corrected chi connectivity index (χ1v) is 8.71. The second kappa shape index (κ2) is 7.34. The van der Waals surface area contributed by atoms with Gasteiger partial charge < -0.3 is 5.32 Å². The number of carbonyl (C=O) groups is 1. The molecule has 1 amide bonds. The molecule has 0 atom stereocenters. The summed E-state index contributed by atoms with van der Waals surface area (Å²) in [6.07, 6.45) is -3.01. The van der Waals surface area contributed by atoms with Gasteiger partial charge in [0.25, 0.3) is 5.91 Å². The van der Waals surface area contributed by atoms with Gasteiger partial charge in [0, 0.05) is 10.0 Å². The predicted molar refractivity (Wildman–Crippen MR) is 98.7 cm³/mol. The van der Waals surface area contributed by atoms with Crippen molar-refractivity contribution in [2.45, 2.75) is 6.18 Å². The summed E-state index contributed by atoms with van der Waals surface area (Å²) in [4.78, 5) is 16.3. The second-order valence-electron chi connectivity index (χ2n) is 5.19. The molecule has 1 aliphatic rings. The average molecular weight is 417 g/mol. The Kier molecular flexibility index (Phi) is 5.32. The van der Waals surface area contributed by atoms with Crippen molar-refractivity contribution < 1.29 is 18.0 Å². The van der Waals surface area contributed by atoms with Crippen LogP contribution in [0.3, 0.4) is 0 Å². The molecule has 1 saturated heterocycles. The van der Waals surface area contributed by atoms with Crippen LogP contribution in [-0.4, -0.2) is 11.1 Å². The molecule has 1 heterocycles. The number of carbonyl (C=O) groups excluding carboxylic acids is 1. The maximum absolute atomic E-state index is 13.1. The van der Waals surface area contributed by atoms with Gasteiger partial charge >= 0.3 is 6.18 Å². The highest BCUT2D eigenvalue weighted by Gasteiger charge is 2.34. The number of hydrogen-bond donors (Lipinski definition) is 1. The number of halogens is 5. The SMILES string of the molecule is O=C1NC(=Nc2ccc(Cl)cc2C(F)(F)F)SC1=Cc1ccc(Cl)cc1. The van der Waals surface area contributed by atoms with Gasteiger partial charge in [-0.05, 0) is 53.7 Å². The van der Waals surface area contributed by atoms with E-state index < -0.39 is 17.6 Å². The molecule has 3 nitrogen and oxygen atoms in total. The summed E-state index contributed by atoms with van der Waals surface area (Å²) in [6, 6.07) is 10.0. The van der Waals surface area contributed by atoms with Crippen LogP contribution in [0, 0.1) is 0 Å². The van der Waals surface area contributed by atoms with Crippen molar-refractivity contribution in [3.05, 3.63) is 68.5 Å². The Bertz CT molecular complexity index is 925. The molecule has 0 unspecified atom stereocenters. The van der Waals surface area contributed by atoms with Crippen molar-refractivity contribution in [3.63, 3.8) is 0 Å². The van der Waals surface area contributed by atoms with Crippen molar-refractivity contribution in [3.8, 4) is 0 Å². The summed E-state index contributed by atoms with van der Waals surface area (Å²) in [5.74, 6) is -0.439. The molecular formula is C17H9Cl2F3N2OS. The van der Waals surface area contributed by atoms with Crippen LogP contribution in [0.15, 0.2) is 52.4 Å². The number of benzene rings is 2. The van der Waals surface area contributed by atoms with Crippen molar-refractivity contribution >= 4 is 57.8 Å². The van der Waals surface area contributed by atoms with Gasteiger partial charge in [-0.15, -0.1) is 0 Å². The summed E-state index contributed by atoms with van der Waals surface area (Å²) in [6.45, 7) is 0. The smallest absolute Gasteiger partial charge is 0.300 e. The van der Waals surface area contributed by atoms with Crippen LogP contribution in [0.4, 0.5) is 18.9 Å². The number of rotatable bonds is 2. The van der Waals surface area contributed by atoms with Crippen molar-refractivity contribution in [2.75, 3.05) is 0 Å². The number of amides is 1. The third-order valence-corrected chi connectivity index (χ3v) is 4.70. The van der Waals surface area contributed by atoms with Crippen LogP contribution in [0.25, 0.3) is 6.08 Å². The lowest BCUT2D eigenvalue weighted by Crippen LogP contribution is -2.19. The topological polar surface area (TPSA) is 41.5 Å². The van der Waals surface area contributed by atoms with Crippen molar-refractivity contribution in [1.29, 1.82) is 0 Å². The number of amidine groups is 1. The van der Waals surface area contributed by atoms with E-state index in [9.17, 15) is 18.0 Å². The maximum atomic E-state index is 13.1. The van der Waals surface area contributed by atoms with E-state index in [2.05, 4.69) is 10.3 Å². The molecule has 1 N–H and O–H groups in total. The highest BCUT2D eigenvalue weighted by Crippen LogP contribution is 2.39. The van der Waals surface area contributed by atoms with Gasteiger partial charge in [-0.2, -0.15) is 13.2 Å². The van der Waals surface area contributed by atoms with E-state index in [0.29, 0.717) is 9.93 Å². The van der Waals surface area contributed by atoms with E-state index >= 15 is 0 Å². The first-order chi connectivity index (χ1) is 12.2. The molecule has 1 aliphatic heterocycles. The van der Waals surface area contributed by atoms with Gasteiger partial charge in [0.1, 0.15) is 0 Å². The highest BCUT2D eigenvalue weighted by atomic mass is 35.5. The fourth-order valence-corrected chi connectivity index (χ4v) is 3.27. The zero-order valence-electron chi connectivity index (χ0n) is 12.8. The molecule has 0 saturated carbocycles. The number of hydrogen-bond acceptors (Lipinski definition) is 3. The first kappa shape index (κ1) is 18.8. The molecule has 2 aromatic carbocycles. The van der Waals surface area contributed by atoms with Gasteiger partial charge in [0.15, 0.2) is 5.17 Å². The van der Waals surface area contributed by atoms with Gasteiger partial charge in [0.2, 0.25) is 0 Å².